The lowest BCUT2D eigenvalue weighted by Crippen LogP contribution is -2.27. The van der Waals surface area contributed by atoms with E-state index >= 15 is 0 Å². The molecule has 1 aliphatic rings. The Hall–Kier alpha value is -0.280. The first-order valence-electron chi connectivity index (χ1n) is 5.01. The van der Waals surface area contributed by atoms with E-state index < -0.39 is 6.10 Å². The van der Waals surface area contributed by atoms with Crippen molar-refractivity contribution in [3.05, 3.63) is 33.3 Å². The summed E-state index contributed by atoms with van der Waals surface area (Å²) in [5, 5.41) is 11.2. The van der Waals surface area contributed by atoms with Crippen molar-refractivity contribution in [2.45, 2.75) is 31.4 Å². The highest BCUT2D eigenvalue weighted by Crippen LogP contribution is 2.35. The second-order valence-corrected chi connectivity index (χ2v) is 4.80. The molecule has 0 aliphatic heterocycles. The van der Waals surface area contributed by atoms with Gasteiger partial charge in [0.15, 0.2) is 0 Å². The van der Waals surface area contributed by atoms with Crippen LogP contribution in [0.15, 0.2) is 12.1 Å². The highest BCUT2D eigenvalue weighted by molar-refractivity contribution is 6.35. The second-order valence-electron chi connectivity index (χ2n) is 3.96. The molecule has 4 heteroatoms. The minimum absolute atomic E-state index is 0.232. The van der Waals surface area contributed by atoms with E-state index in [-0.39, 0.29) is 6.04 Å². The van der Waals surface area contributed by atoms with E-state index in [1.807, 2.05) is 6.07 Å². The molecule has 0 heterocycles. The van der Waals surface area contributed by atoms with Crippen molar-refractivity contribution < 1.29 is 5.11 Å². The van der Waals surface area contributed by atoms with E-state index in [4.69, 9.17) is 28.9 Å². The van der Waals surface area contributed by atoms with Gasteiger partial charge in [0.2, 0.25) is 0 Å². The lowest BCUT2D eigenvalue weighted by atomic mass is 9.99. The highest BCUT2D eigenvalue weighted by atomic mass is 35.5. The van der Waals surface area contributed by atoms with Crippen molar-refractivity contribution in [3.8, 4) is 0 Å². The summed E-state index contributed by atoms with van der Waals surface area (Å²) < 4.78 is 0. The Morgan fingerprint density at radius 2 is 2.07 bits per heavy atom. The van der Waals surface area contributed by atoms with Crippen molar-refractivity contribution in [1.29, 1.82) is 0 Å². The first-order valence-corrected chi connectivity index (χ1v) is 5.76. The molecule has 1 aliphatic carbocycles. The molecule has 2 atom stereocenters. The standard InChI is InChI=1S/C11H13Cl2NO/c12-7-4-6-2-1-3-9(14)11(15)10(6)8(13)5-7/h4-5,9,11,15H,1-3,14H2/t9-,11+/m0/s1. The minimum Gasteiger partial charge on any atom is -0.387 e. The lowest BCUT2D eigenvalue weighted by Gasteiger charge is -2.19. The number of halogens is 2. The van der Waals surface area contributed by atoms with E-state index in [9.17, 15) is 5.11 Å². The largest absolute Gasteiger partial charge is 0.387 e. The van der Waals surface area contributed by atoms with Crippen LogP contribution in [-0.2, 0) is 6.42 Å². The molecule has 0 radical (unpaired) electrons. The van der Waals surface area contributed by atoms with E-state index in [1.165, 1.54) is 0 Å². The van der Waals surface area contributed by atoms with Gasteiger partial charge in [-0.25, -0.2) is 0 Å². The molecule has 1 aromatic carbocycles. The van der Waals surface area contributed by atoms with Crippen LogP contribution in [-0.4, -0.2) is 11.1 Å². The molecule has 15 heavy (non-hydrogen) atoms. The molecular formula is C11H13Cl2NO. The summed E-state index contributed by atoms with van der Waals surface area (Å²) >= 11 is 12.0. The monoisotopic (exact) mass is 245 g/mol. The SMILES string of the molecule is N[C@H]1CCCc2cc(Cl)cc(Cl)c2[C@@H]1O. The number of aliphatic hydroxyl groups excluding tert-OH is 1. The van der Waals surface area contributed by atoms with E-state index in [0.717, 1.165) is 30.4 Å². The van der Waals surface area contributed by atoms with Gasteiger partial charge in [-0.2, -0.15) is 0 Å². The number of fused-ring (bicyclic) bond motifs is 1. The molecule has 0 saturated heterocycles. The van der Waals surface area contributed by atoms with Crippen LogP contribution in [0, 0.1) is 0 Å². The Kier molecular flexibility index (Phi) is 3.21. The van der Waals surface area contributed by atoms with Crippen LogP contribution in [0.25, 0.3) is 0 Å². The third kappa shape index (κ3) is 2.13. The highest BCUT2D eigenvalue weighted by Gasteiger charge is 2.25. The molecule has 1 aromatic rings. The van der Waals surface area contributed by atoms with E-state index in [1.54, 1.807) is 6.07 Å². The minimum atomic E-state index is -0.674. The number of aliphatic hydroxyl groups is 1. The van der Waals surface area contributed by atoms with Gasteiger partial charge in [-0.05, 0) is 37.0 Å². The molecule has 0 amide bonds. The van der Waals surface area contributed by atoms with Crippen molar-refractivity contribution >= 4 is 23.2 Å². The summed E-state index contributed by atoms with van der Waals surface area (Å²) in [4.78, 5) is 0. The average Bonchev–Trinajstić information content (AvgIpc) is 2.27. The van der Waals surface area contributed by atoms with Gasteiger partial charge in [0.05, 0.1) is 6.10 Å². The average molecular weight is 246 g/mol. The van der Waals surface area contributed by atoms with Gasteiger partial charge in [0.25, 0.3) is 0 Å². The van der Waals surface area contributed by atoms with Gasteiger partial charge in [0, 0.05) is 21.7 Å². The zero-order chi connectivity index (χ0) is 11.0. The number of aryl methyl sites for hydroxylation is 1. The maximum absolute atomic E-state index is 10.0. The molecule has 0 bridgehead atoms. The quantitative estimate of drug-likeness (QED) is 0.691. The number of nitrogens with two attached hydrogens (primary N) is 1. The van der Waals surface area contributed by atoms with Gasteiger partial charge in [-0.3, -0.25) is 0 Å². The van der Waals surface area contributed by atoms with Crippen molar-refractivity contribution in [2.75, 3.05) is 0 Å². The van der Waals surface area contributed by atoms with Crippen molar-refractivity contribution in [3.63, 3.8) is 0 Å². The fourth-order valence-corrected chi connectivity index (χ4v) is 2.72. The molecule has 0 aromatic heterocycles. The molecule has 0 spiro atoms. The Labute approximate surface area is 99.0 Å². The van der Waals surface area contributed by atoms with Crippen LogP contribution in [0.5, 0.6) is 0 Å². The van der Waals surface area contributed by atoms with Crippen LogP contribution < -0.4 is 5.73 Å². The second kappa shape index (κ2) is 4.30. The number of rotatable bonds is 0. The first-order chi connectivity index (χ1) is 7.09. The van der Waals surface area contributed by atoms with Crippen LogP contribution in [0.2, 0.25) is 10.0 Å². The van der Waals surface area contributed by atoms with Crippen LogP contribution >= 0.6 is 23.2 Å². The zero-order valence-electron chi connectivity index (χ0n) is 8.21. The number of hydrogen-bond acceptors (Lipinski definition) is 2. The van der Waals surface area contributed by atoms with Crippen LogP contribution in [0.1, 0.15) is 30.1 Å². The molecule has 3 N–H and O–H groups in total. The van der Waals surface area contributed by atoms with E-state index in [0.29, 0.717) is 10.0 Å². The van der Waals surface area contributed by atoms with Gasteiger partial charge in [-0.15, -0.1) is 0 Å². The van der Waals surface area contributed by atoms with Crippen LogP contribution in [0.4, 0.5) is 0 Å². The summed E-state index contributed by atoms with van der Waals surface area (Å²) in [6, 6.07) is 3.29. The Bertz CT molecular complexity index is 381. The van der Waals surface area contributed by atoms with Gasteiger partial charge in [0.1, 0.15) is 0 Å². The summed E-state index contributed by atoms with van der Waals surface area (Å²) in [5.41, 5.74) is 7.64. The van der Waals surface area contributed by atoms with Crippen molar-refractivity contribution in [1.82, 2.24) is 0 Å². The third-order valence-electron chi connectivity index (χ3n) is 2.86. The molecule has 2 nitrogen and oxygen atoms in total. The third-order valence-corrected chi connectivity index (χ3v) is 3.40. The Morgan fingerprint density at radius 3 is 2.80 bits per heavy atom. The van der Waals surface area contributed by atoms with Gasteiger partial charge < -0.3 is 10.8 Å². The first kappa shape index (κ1) is 11.2. The maximum atomic E-state index is 10.0. The normalized spacial score (nSPS) is 25.9. The lowest BCUT2D eigenvalue weighted by molar-refractivity contribution is 0.144. The smallest absolute Gasteiger partial charge is 0.0957 e. The molecule has 0 unspecified atom stereocenters. The van der Waals surface area contributed by atoms with Crippen molar-refractivity contribution in [2.24, 2.45) is 5.73 Å². The summed E-state index contributed by atoms with van der Waals surface area (Å²) in [7, 11) is 0. The predicted molar refractivity (Wildman–Crippen MR) is 62.3 cm³/mol. The molecule has 82 valence electrons. The van der Waals surface area contributed by atoms with Crippen LogP contribution in [0.3, 0.4) is 0 Å². The topological polar surface area (TPSA) is 46.2 Å². The Morgan fingerprint density at radius 1 is 1.33 bits per heavy atom. The zero-order valence-corrected chi connectivity index (χ0v) is 9.72. The Balaban J connectivity index is 2.53. The van der Waals surface area contributed by atoms with Gasteiger partial charge >= 0.3 is 0 Å². The maximum Gasteiger partial charge on any atom is 0.0957 e. The summed E-state index contributed by atoms with van der Waals surface area (Å²) in [6.07, 6.45) is 1.97. The summed E-state index contributed by atoms with van der Waals surface area (Å²) in [6.45, 7) is 0. The fraction of sp³-hybridized carbons (Fsp3) is 0.455. The van der Waals surface area contributed by atoms with E-state index in [2.05, 4.69) is 0 Å². The summed E-state index contributed by atoms with van der Waals surface area (Å²) in [5.74, 6) is 0. The molecule has 0 fully saturated rings. The molecular weight excluding hydrogens is 233 g/mol. The number of benzene rings is 1. The molecule has 2 rings (SSSR count). The molecule has 0 saturated carbocycles. The number of hydrogen-bond donors (Lipinski definition) is 2. The fourth-order valence-electron chi connectivity index (χ4n) is 2.08. The van der Waals surface area contributed by atoms with Gasteiger partial charge in [-0.1, -0.05) is 23.2 Å². The predicted octanol–water partition coefficient (Wildman–Crippen LogP) is 2.69.